The third-order valence-electron chi connectivity index (χ3n) is 5.18. The topological polar surface area (TPSA) is 32.7 Å². The summed E-state index contributed by atoms with van der Waals surface area (Å²) in [4.78, 5) is 2.50. The molecule has 3 aliphatic rings. The van der Waals surface area contributed by atoms with Crippen LogP contribution in [0.3, 0.4) is 0 Å². The van der Waals surface area contributed by atoms with Crippen molar-refractivity contribution in [3.8, 4) is 0 Å². The number of ether oxygens (including phenoxy) is 1. The van der Waals surface area contributed by atoms with Gasteiger partial charge in [0, 0.05) is 19.1 Å². The Bertz CT molecular complexity index is 263. The largest absolute Gasteiger partial charge is 0.388 e. The van der Waals surface area contributed by atoms with Gasteiger partial charge in [0.25, 0.3) is 0 Å². The molecule has 98 valence electrons. The molecule has 17 heavy (non-hydrogen) atoms. The van der Waals surface area contributed by atoms with E-state index in [2.05, 4.69) is 4.90 Å². The summed E-state index contributed by atoms with van der Waals surface area (Å²) in [5, 5.41) is 11.1. The lowest BCUT2D eigenvalue weighted by atomic mass is 9.64. The summed E-state index contributed by atoms with van der Waals surface area (Å²) >= 11 is 0. The van der Waals surface area contributed by atoms with E-state index in [9.17, 15) is 5.11 Å². The zero-order chi connectivity index (χ0) is 11.7. The number of rotatable bonds is 1. The van der Waals surface area contributed by atoms with Crippen LogP contribution in [0.25, 0.3) is 0 Å². The van der Waals surface area contributed by atoms with Crippen molar-refractivity contribution in [1.82, 2.24) is 4.90 Å². The van der Waals surface area contributed by atoms with Crippen molar-refractivity contribution in [2.24, 2.45) is 5.92 Å². The molecular formula is C14H25NO2. The number of aliphatic hydroxyl groups is 1. The highest BCUT2D eigenvalue weighted by atomic mass is 16.5. The average molecular weight is 239 g/mol. The van der Waals surface area contributed by atoms with Crippen LogP contribution in [0, 0.1) is 5.92 Å². The highest BCUT2D eigenvalue weighted by Crippen LogP contribution is 2.45. The Kier molecular flexibility index (Phi) is 3.42. The van der Waals surface area contributed by atoms with Crippen LogP contribution in [-0.4, -0.2) is 48.0 Å². The molecule has 3 heteroatoms. The minimum absolute atomic E-state index is 0.381. The summed E-state index contributed by atoms with van der Waals surface area (Å²) in [5.74, 6) is 0.567. The highest BCUT2D eigenvalue weighted by molar-refractivity contribution is 5.03. The van der Waals surface area contributed by atoms with Crippen LogP contribution in [0.2, 0.25) is 0 Å². The predicted octanol–water partition coefficient (Wildman–Crippen LogP) is 1.79. The molecule has 0 bridgehead atoms. The number of hydrogen-bond acceptors (Lipinski definition) is 3. The number of hydrogen-bond donors (Lipinski definition) is 1. The van der Waals surface area contributed by atoms with Crippen LogP contribution >= 0.6 is 0 Å². The molecule has 0 aromatic heterocycles. The van der Waals surface area contributed by atoms with Gasteiger partial charge in [-0.25, -0.2) is 0 Å². The first-order chi connectivity index (χ1) is 8.31. The fourth-order valence-electron chi connectivity index (χ4n) is 4.28. The second-order valence-corrected chi connectivity index (χ2v) is 6.03. The van der Waals surface area contributed by atoms with Crippen LogP contribution < -0.4 is 0 Å². The van der Waals surface area contributed by atoms with Crippen LogP contribution in [0.1, 0.15) is 44.9 Å². The average Bonchev–Trinajstić information content (AvgIpc) is 2.38. The molecule has 0 aromatic carbocycles. The van der Waals surface area contributed by atoms with E-state index in [0.717, 1.165) is 32.7 Å². The summed E-state index contributed by atoms with van der Waals surface area (Å²) in [6, 6.07) is 0.408. The van der Waals surface area contributed by atoms with Crippen molar-refractivity contribution in [1.29, 1.82) is 0 Å². The van der Waals surface area contributed by atoms with E-state index in [1.807, 2.05) is 0 Å². The predicted molar refractivity (Wildman–Crippen MR) is 66.9 cm³/mol. The Morgan fingerprint density at radius 1 is 1.00 bits per heavy atom. The van der Waals surface area contributed by atoms with Crippen LogP contribution in [0.15, 0.2) is 0 Å². The second kappa shape index (κ2) is 4.87. The van der Waals surface area contributed by atoms with Gasteiger partial charge in [-0.05, 0) is 31.6 Å². The monoisotopic (exact) mass is 239 g/mol. The molecule has 3 rings (SSSR count). The van der Waals surface area contributed by atoms with Gasteiger partial charge in [-0.2, -0.15) is 0 Å². The van der Waals surface area contributed by atoms with Gasteiger partial charge in [-0.15, -0.1) is 0 Å². The zero-order valence-electron chi connectivity index (χ0n) is 10.7. The first kappa shape index (κ1) is 11.9. The lowest BCUT2D eigenvalue weighted by Crippen LogP contribution is -2.61. The third kappa shape index (κ3) is 2.13. The van der Waals surface area contributed by atoms with Gasteiger partial charge < -0.3 is 9.84 Å². The van der Waals surface area contributed by atoms with Gasteiger partial charge in [0.1, 0.15) is 0 Å². The minimum atomic E-state index is -0.381. The quantitative estimate of drug-likeness (QED) is 0.757. The maximum absolute atomic E-state index is 11.1. The Hall–Kier alpha value is -0.120. The van der Waals surface area contributed by atoms with Gasteiger partial charge in [0.05, 0.1) is 18.8 Å². The molecule has 0 radical (unpaired) electrons. The molecule has 1 heterocycles. The van der Waals surface area contributed by atoms with Gasteiger partial charge in [0.15, 0.2) is 0 Å². The first-order valence-electron chi connectivity index (χ1n) is 7.35. The summed E-state index contributed by atoms with van der Waals surface area (Å²) < 4.78 is 5.44. The fourth-order valence-corrected chi connectivity index (χ4v) is 4.28. The molecule has 3 fully saturated rings. The third-order valence-corrected chi connectivity index (χ3v) is 5.18. The molecule has 1 saturated heterocycles. The number of nitrogens with zero attached hydrogens (tertiary/aromatic N) is 1. The van der Waals surface area contributed by atoms with Crippen LogP contribution in [0.5, 0.6) is 0 Å². The summed E-state index contributed by atoms with van der Waals surface area (Å²) in [7, 11) is 0. The van der Waals surface area contributed by atoms with Crippen molar-refractivity contribution in [2.75, 3.05) is 26.3 Å². The number of fused-ring (bicyclic) bond motifs is 1. The van der Waals surface area contributed by atoms with Crippen molar-refractivity contribution in [2.45, 2.75) is 56.6 Å². The van der Waals surface area contributed by atoms with Gasteiger partial charge in [-0.3, -0.25) is 4.90 Å². The molecular weight excluding hydrogens is 214 g/mol. The number of morpholine rings is 1. The molecule has 0 unspecified atom stereocenters. The van der Waals surface area contributed by atoms with Crippen molar-refractivity contribution in [3.05, 3.63) is 0 Å². The van der Waals surface area contributed by atoms with E-state index >= 15 is 0 Å². The van der Waals surface area contributed by atoms with E-state index in [1.54, 1.807) is 0 Å². The van der Waals surface area contributed by atoms with Crippen molar-refractivity contribution in [3.63, 3.8) is 0 Å². The Labute approximate surface area is 104 Å². The Balaban J connectivity index is 1.76. The fraction of sp³-hybridized carbons (Fsp3) is 1.00. The van der Waals surface area contributed by atoms with E-state index in [0.29, 0.717) is 12.0 Å². The van der Waals surface area contributed by atoms with E-state index in [-0.39, 0.29) is 5.60 Å². The first-order valence-corrected chi connectivity index (χ1v) is 7.35. The Morgan fingerprint density at radius 2 is 1.76 bits per heavy atom. The Morgan fingerprint density at radius 3 is 2.59 bits per heavy atom. The standard InChI is InChI=1S/C14H25NO2/c16-14-7-2-1-4-12(14)5-3-6-13(14)15-8-10-17-11-9-15/h12-13,16H,1-11H2/t12-,13-,14-/m1/s1. The molecule has 2 aliphatic carbocycles. The maximum atomic E-state index is 11.1. The van der Waals surface area contributed by atoms with Gasteiger partial charge in [0.2, 0.25) is 0 Å². The summed E-state index contributed by atoms with van der Waals surface area (Å²) in [5.41, 5.74) is -0.381. The second-order valence-electron chi connectivity index (χ2n) is 6.03. The van der Waals surface area contributed by atoms with Crippen LogP contribution in [0.4, 0.5) is 0 Å². The smallest absolute Gasteiger partial charge is 0.0830 e. The van der Waals surface area contributed by atoms with E-state index < -0.39 is 0 Å². The van der Waals surface area contributed by atoms with Crippen molar-refractivity contribution >= 4 is 0 Å². The van der Waals surface area contributed by atoms with Crippen molar-refractivity contribution < 1.29 is 9.84 Å². The maximum Gasteiger partial charge on any atom is 0.0830 e. The van der Waals surface area contributed by atoms with Crippen LogP contribution in [-0.2, 0) is 4.74 Å². The molecule has 2 saturated carbocycles. The molecule has 3 nitrogen and oxygen atoms in total. The van der Waals surface area contributed by atoms with Gasteiger partial charge >= 0.3 is 0 Å². The molecule has 0 spiro atoms. The zero-order valence-corrected chi connectivity index (χ0v) is 10.7. The van der Waals surface area contributed by atoms with E-state index in [4.69, 9.17) is 4.74 Å². The normalized spacial score (nSPS) is 44.3. The minimum Gasteiger partial charge on any atom is -0.388 e. The van der Waals surface area contributed by atoms with E-state index in [1.165, 1.54) is 38.5 Å². The summed E-state index contributed by atoms with van der Waals surface area (Å²) in [6.07, 6.45) is 8.55. The lowest BCUT2D eigenvalue weighted by Gasteiger charge is -2.53. The lowest BCUT2D eigenvalue weighted by molar-refractivity contribution is -0.145. The van der Waals surface area contributed by atoms with Gasteiger partial charge in [-0.1, -0.05) is 19.3 Å². The SMILES string of the molecule is O[C@]12CCCC[C@@H]1CCC[C@H]2N1CCOCC1. The highest BCUT2D eigenvalue weighted by Gasteiger charge is 2.49. The molecule has 1 aliphatic heterocycles. The molecule has 0 aromatic rings. The molecule has 1 N–H and O–H groups in total. The summed E-state index contributed by atoms with van der Waals surface area (Å²) in [6.45, 7) is 3.72. The molecule has 3 atom stereocenters. The molecule has 0 amide bonds.